The van der Waals surface area contributed by atoms with Crippen molar-refractivity contribution in [2.24, 2.45) is 0 Å². The molecule has 1 unspecified atom stereocenters. The molecule has 2 aromatic heterocycles. The van der Waals surface area contributed by atoms with Crippen molar-refractivity contribution in [1.29, 1.82) is 0 Å². The van der Waals surface area contributed by atoms with Crippen LogP contribution in [-0.4, -0.2) is 57.6 Å². The van der Waals surface area contributed by atoms with E-state index in [2.05, 4.69) is 20.4 Å². The second-order valence-corrected chi connectivity index (χ2v) is 8.38. The smallest absolute Gasteiger partial charge is 0.243 e. The topological polar surface area (TPSA) is 103 Å². The van der Waals surface area contributed by atoms with E-state index in [9.17, 15) is 8.42 Å². The van der Waals surface area contributed by atoms with Crippen LogP contribution in [0.25, 0.3) is 11.4 Å². The summed E-state index contributed by atoms with van der Waals surface area (Å²) in [4.78, 5) is 5.69. The van der Waals surface area contributed by atoms with Crippen LogP contribution in [0.3, 0.4) is 0 Å². The van der Waals surface area contributed by atoms with E-state index < -0.39 is 10.0 Å². The second-order valence-electron chi connectivity index (χ2n) is 6.49. The number of methoxy groups -OCH3 is 1. The van der Waals surface area contributed by atoms with E-state index in [1.54, 1.807) is 55.9 Å². The number of hydrogen-bond acceptors (Lipinski definition) is 7. The molecule has 1 atom stereocenters. The van der Waals surface area contributed by atoms with E-state index in [4.69, 9.17) is 4.74 Å². The number of benzene rings is 1. The zero-order valence-electron chi connectivity index (χ0n) is 15.3. The van der Waals surface area contributed by atoms with Gasteiger partial charge in [-0.2, -0.15) is 9.10 Å². The van der Waals surface area contributed by atoms with Crippen LogP contribution in [0, 0.1) is 0 Å². The molecule has 0 radical (unpaired) electrons. The van der Waals surface area contributed by atoms with Crippen LogP contribution >= 0.6 is 0 Å². The van der Waals surface area contributed by atoms with Gasteiger partial charge in [-0.3, -0.25) is 4.98 Å². The van der Waals surface area contributed by atoms with Crippen molar-refractivity contribution in [2.75, 3.05) is 13.7 Å². The summed E-state index contributed by atoms with van der Waals surface area (Å²) in [5.41, 5.74) is 0.815. The van der Waals surface area contributed by atoms with Crippen molar-refractivity contribution in [3.05, 3.63) is 48.8 Å². The molecule has 0 N–H and O–H groups in total. The predicted molar refractivity (Wildman–Crippen MR) is 101 cm³/mol. The summed E-state index contributed by atoms with van der Waals surface area (Å²) in [5, 5.41) is 12.5. The van der Waals surface area contributed by atoms with E-state index in [0.717, 1.165) is 18.4 Å². The Morgan fingerprint density at radius 3 is 2.61 bits per heavy atom. The Morgan fingerprint density at radius 1 is 1.14 bits per heavy atom. The normalized spacial score (nSPS) is 17.7. The zero-order valence-corrected chi connectivity index (χ0v) is 16.2. The molecule has 9 nitrogen and oxygen atoms in total. The molecule has 0 aliphatic carbocycles. The number of pyridine rings is 1. The van der Waals surface area contributed by atoms with E-state index in [0.29, 0.717) is 24.7 Å². The summed E-state index contributed by atoms with van der Waals surface area (Å²) in [6, 6.07) is 9.83. The first-order valence-electron chi connectivity index (χ1n) is 8.92. The van der Waals surface area contributed by atoms with E-state index in [1.165, 1.54) is 9.10 Å². The second kappa shape index (κ2) is 7.64. The van der Waals surface area contributed by atoms with Gasteiger partial charge in [-0.15, -0.1) is 10.2 Å². The van der Waals surface area contributed by atoms with Gasteiger partial charge in [0.25, 0.3) is 0 Å². The van der Waals surface area contributed by atoms with Gasteiger partial charge in [-0.1, -0.05) is 0 Å². The monoisotopic (exact) mass is 400 g/mol. The minimum atomic E-state index is -3.60. The Labute approximate surface area is 163 Å². The highest BCUT2D eigenvalue weighted by atomic mass is 32.2. The first-order valence-corrected chi connectivity index (χ1v) is 10.4. The van der Waals surface area contributed by atoms with Crippen molar-refractivity contribution in [3.63, 3.8) is 0 Å². The van der Waals surface area contributed by atoms with Crippen LogP contribution < -0.4 is 4.74 Å². The molecule has 1 fully saturated rings. The van der Waals surface area contributed by atoms with Crippen LogP contribution in [0.5, 0.6) is 5.75 Å². The molecule has 1 aliphatic heterocycles. The number of ether oxygens (including phenoxy) is 1. The Bertz CT molecular complexity index is 1040. The van der Waals surface area contributed by atoms with Crippen molar-refractivity contribution >= 4 is 10.0 Å². The van der Waals surface area contributed by atoms with Gasteiger partial charge in [0.15, 0.2) is 0 Å². The third-order valence-corrected chi connectivity index (χ3v) is 6.72. The van der Waals surface area contributed by atoms with Crippen LogP contribution in [0.4, 0.5) is 0 Å². The Morgan fingerprint density at radius 2 is 1.89 bits per heavy atom. The molecule has 28 heavy (non-hydrogen) atoms. The predicted octanol–water partition coefficient (Wildman–Crippen LogP) is 1.60. The molecule has 0 saturated carbocycles. The van der Waals surface area contributed by atoms with Crippen LogP contribution in [0.15, 0.2) is 53.7 Å². The molecule has 1 saturated heterocycles. The van der Waals surface area contributed by atoms with Gasteiger partial charge in [0.05, 0.1) is 18.6 Å². The fourth-order valence-electron chi connectivity index (χ4n) is 3.32. The summed E-state index contributed by atoms with van der Waals surface area (Å²) in [6.07, 6.45) is 4.87. The van der Waals surface area contributed by atoms with Crippen LogP contribution in [0.1, 0.15) is 12.8 Å². The Hall–Kier alpha value is -2.85. The van der Waals surface area contributed by atoms with E-state index in [-0.39, 0.29) is 10.9 Å². The standard InChI is InChI=1S/C18H20N6O3S/c1-27-16-4-6-17(7-5-16)28(25,26)23-12-2-3-15(23)13-24-21-18(20-22-24)14-8-10-19-11-9-14/h4-11,15H,2-3,12-13H2,1H3. The van der Waals surface area contributed by atoms with Crippen LogP contribution in [-0.2, 0) is 16.6 Å². The third kappa shape index (κ3) is 3.60. The maximum absolute atomic E-state index is 13.1. The van der Waals surface area contributed by atoms with E-state index in [1.807, 2.05) is 0 Å². The fraction of sp³-hybridized carbons (Fsp3) is 0.333. The first kappa shape index (κ1) is 18.5. The lowest BCUT2D eigenvalue weighted by Crippen LogP contribution is -2.38. The average molecular weight is 400 g/mol. The number of rotatable bonds is 6. The van der Waals surface area contributed by atoms with Crippen molar-refractivity contribution in [1.82, 2.24) is 29.5 Å². The summed E-state index contributed by atoms with van der Waals surface area (Å²) in [5.74, 6) is 1.11. The van der Waals surface area contributed by atoms with Gasteiger partial charge in [0, 0.05) is 30.5 Å². The lowest BCUT2D eigenvalue weighted by Gasteiger charge is -2.23. The number of aromatic nitrogens is 5. The molecular weight excluding hydrogens is 380 g/mol. The van der Waals surface area contributed by atoms with Gasteiger partial charge in [-0.25, -0.2) is 8.42 Å². The molecule has 10 heteroatoms. The van der Waals surface area contributed by atoms with E-state index >= 15 is 0 Å². The summed E-state index contributed by atoms with van der Waals surface area (Å²) in [6.45, 7) is 0.832. The number of hydrogen-bond donors (Lipinski definition) is 0. The molecule has 3 aromatic rings. The quantitative estimate of drug-likeness (QED) is 0.619. The van der Waals surface area contributed by atoms with Crippen molar-refractivity contribution < 1.29 is 13.2 Å². The highest BCUT2D eigenvalue weighted by Crippen LogP contribution is 2.28. The Kier molecular flexibility index (Phi) is 5.05. The molecule has 3 heterocycles. The summed E-state index contributed by atoms with van der Waals surface area (Å²) in [7, 11) is -2.05. The van der Waals surface area contributed by atoms with Gasteiger partial charge >= 0.3 is 0 Å². The largest absolute Gasteiger partial charge is 0.497 e. The highest BCUT2D eigenvalue weighted by Gasteiger charge is 2.36. The van der Waals surface area contributed by atoms with Gasteiger partial charge in [-0.05, 0) is 54.5 Å². The molecule has 0 spiro atoms. The molecule has 1 aromatic carbocycles. The van der Waals surface area contributed by atoms with Gasteiger partial charge < -0.3 is 4.74 Å². The van der Waals surface area contributed by atoms with Gasteiger partial charge in [0.1, 0.15) is 5.75 Å². The number of nitrogens with zero attached hydrogens (tertiary/aromatic N) is 6. The maximum Gasteiger partial charge on any atom is 0.243 e. The van der Waals surface area contributed by atoms with Crippen molar-refractivity contribution in [3.8, 4) is 17.1 Å². The molecule has 0 amide bonds. The molecule has 0 bridgehead atoms. The fourth-order valence-corrected chi connectivity index (χ4v) is 5.00. The first-order chi connectivity index (χ1) is 13.6. The number of sulfonamides is 1. The SMILES string of the molecule is COc1ccc(S(=O)(=O)N2CCCC2Cn2nnc(-c3ccncc3)n2)cc1. The highest BCUT2D eigenvalue weighted by molar-refractivity contribution is 7.89. The molecule has 4 rings (SSSR count). The minimum Gasteiger partial charge on any atom is -0.497 e. The maximum atomic E-state index is 13.1. The van der Waals surface area contributed by atoms with Crippen LogP contribution in [0.2, 0.25) is 0 Å². The summed E-state index contributed by atoms with van der Waals surface area (Å²) < 4.78 is 32.8. The average Bonchev–Trinajstić information content (AvgIpc) is 3.39. The number of tetrazole rings is 1. The molecule has 146 valence electrons. The zero-order chi connectivity index (χ0) is 19.6. The lowest BCUT2D eigenvalue weighted by molar-refractivity contribution is 0.323. The minimum absolute atomic E-state index is 0.216. The Balaban J connectivity index is 1.53. The molecule has 1 aliphatic rings. The lowest BCUT2D eigenvalue weighted by atomic mass is 10.2. The summed E-state index contributed by atoms with van der Waals surface area (Å²) >= 11 is 0. The van der Waals surface area contributed by atoms with Gasteiger partial charge in [0.2, 0.25) is 15.8 Å². The molecular formula is C18H20N6O3S. The van der Waals surface area contributed by atoms with Crippen molar-refractivity contribution in [2.45, 2.75) is 30.3 Å². The third-order valence-electron chi connectivity index (χ3n) is 4.75.